The molecule has 0 amide bonds. The Labute approximate surface area is 174 Å². The van der Waals surface area contributed by atoms with Crippen molar-refractivity contribution in [2.75, 3.05) is 13.9 Å². The number of methoxy groups -OCH3 is 1. The van der Waals surface area contributed by atoms with Crippen LogP contribution in [0.5, 0.6) is 23.0 Å². The summed E-state index contributed by atoms with van der Waals surface area (Å²) in [5, 5.41) is 2.14. The van der Waals surface area contributed by atoms with Gasteiger partial charge in [0, 0.05) is 16.7 Å². The van der Waals surface area contributed by atoms with Crippen LogP contribution in [-0.2, 0) is 0 Å². The first-order valence-corrected chi connectivity index (χ1v) is 9.86. The number of nitrogens with one attached hydrogen (secondary N) is 1. The summed E-state index contributed by atoms with van der Waals surface area (Å²) in [6.07, 6.45) is 1.93. The number of hydrogen-bond donors (Lipinski definition) is 1. The summed E-state index contributed by atoms with van der Waals surface area (Å²) in [5.74, 6) is 3.23. The Kier molecular flexibility index (Phi) is 3.86. The molecule has 0 bridgehead atoms. The lowest BCUT2D eigenvalue weighted by atomic mass is 10.0. The number of rotatable bonds is 3. The summed E-state index contributed by atoms with van der Waals surface area (Å²) in [7, 11) is 1.67. The van der Waals surface area contributed by atoms with Crippen molar-refractivity contribution in [3.8, 4) is 23.0 Å². The van der Waals surface area contributed by atoms with Gasteiger partial charge in [-0.1, -0.05) is 30.3 Å². The minimum absolute atomic E-state index is 0.0339. The molecule has 2 atom stereocenters. The first-order chi connectivity index (χ1) is 14.8. The smallest absolute Gasteiger partial charge is 0.231 e. The summed E-state index contributed by atoms with van der Waals surface area (Å²) in [4.78, 5) is 0. The normalized spacial score (nSPS) is 21.2. The van der Waals surface area contributed by atoms with E-state index in [1.807, 2.05) is 54.6 Å². The van der Waals surface area contributed by atoms with E-state index in [1.54, 1.807) is 7.11 Å². The van der Waals surface area contributed by atoms with E-state index in [0.29, 0.717) is 0 Å². The number of hydrazine groups is 1. The van der Waals surface area contributed by atoms with Crippen molar-refractivity contribution in [2.24, 2.45) is 0 Å². The van der Waals surface area contributed by atoms with Crippen LogP contribution in [0.3, 0.4) is 0 Å². The Bertz CT molecular complexity index is 1160. The molecule has 3 aromatic carbocycles. The van der Waals surface area contributed by atoms with Gasteiger partial charge in [0.2, 0.25) is 6.79 Å². The predicted molar refractivity (Wildman–Crippen MR) is 111 cm³/mol. The molecule has 3 aliphatic heterocycles. The van der Waals surface area contributed by atoms with Crippen LogP contribution in [0.15, 0.2) is 72.8 Å². The minimum atomic E-state index is -0.303. The number of hydrogen-bond acceptors (Lipinski definition) is 6. The predicted octanol–water partition coefficient (Wildman–Crippen LogP) is 4.42. The molecule has 3 aromatic rings. The zero-order valence-electron chi connectivity index (χ0n) is 16.4. The van der Waals surface area contributed by atoms with Gasteiger partial charge in [-0.2, -0.15) is 5.01 Å². The highest BCUT2D eigenvalue weighted by Crippen LogP contribution is 2.46. The van der Waals surface area contributed by atoms with E-state index in [4.69, 9.17) is 18.9 Å². The van der Waals surface area contributed by atoms with Crippen molar-refractivity contribution in [1.82, 2.24) is 10.4 Å². The van der Waals surface area contributed by atoms with Crippen LogP contribution in [0.4, 0.5) is 0 Å². The fraction of sp³-hybridized carbons (Fsp3) is 0.167. The van der Waals surface area contributed by atoms with Gasteiger partial charge in [0.25, 0.3) is 0 Å². The monoisotopic (exact) mass is 400 g/mol. The molecule has 0 spiro atoms. The van der Waals surface area contributed by atoms with Gasteiger partial charge in [-0.15, -0.1) is 0 Å². The molecule has 3 aliphatic rings. The van der Waals surface area contributed by atoms with Gasteiger partial charge in [0.15, 0.2) is 17.7 Å². The third-order valence-electron chi connectivity index (χ3n) is 5.67. The Morgan fingerprint density at radius 3 is 2.77 bits per heavy atom. The molecule has 1 N–H and O–H groups in total. The third-order valence-corrected chi connectivity index (χ3v) is 5.67. The highest BCUT2D eigenvalue weighted by atomic mass is 16.7. The van der Waals surface area contributed by atoms with Crippen LogP contribution in [-0.4, -0.2) is 18.9 Å². The van der Waals surface area contributed by atoms with E-state index in [-0.39, 0.29) is 19.1 Å². The molecule has 3 heterocycles. The molecule has 0 unspecified atom stereocenters. The molecule has 0 aromatic heterocycles. The molecular formula is C24H20N2O4. The van der Waals surface area contributed by atoms with Crippen molar-refractivity contribution >= 4 is 5.70 Å². The molecule has 6 nitrogen and oxygen atoms in total. The molecule has 0 saturated heterocycles. The maximum Gasteiger partial charge on any atom is 0.231 e. The van der Waals surface area contributed by atoms with Crippen LogP contribution in [0.25, 0.3) is 5.70 Å². The van der Waals surface area contributed by atoms with Gasteiger partial charge in [0.05, 0.1) is 18.8 Å². The third kappa shape index (κ3) is 2.69. The van der Waals surface area contributed by atoms with Gasteiger partial charge in [-0.3, -0.25) is 0 Å². The fourth-order valence-corrected chi connectivity index (χ4v) is 4.19. The average molecular weight is 400 g/mol. The van der Waals surface area contributed by atoms with E-state index >= 15 is 0 Å². The average Bonchev–Trinajstić information content (AvgIpc) is 3.45. The van der Waals surface area contributed by atoms with Gasteiger partial charge in [-0.05, 0) is 42.5 Å². The lowest BCUT2D eigenvalue weighted by Gasteiger charge is -2.39. The number of para-hydroxylation sites is 1. The summed E-state index contributed by atoms with van der Waals surface area (Å²) in [5.41, 5.74) is 7.74. The van der Waals surface area contributed by atoms with Crippen LogP contribution in [0.2, 0.25) is 0 Å². The van der Waals surface area contributed by atoms with Gasteiger partial charge in [0.1, 0.15) is 11.5 Å². The Morgan fingerprint density at radius 2 is 1.83 bits per heavy atom. The molecule has 0 aliphatic carbocycles. The minimum Gasteiger partial charge on any atom is -0.497 e. The van der Waals surface area contributed by atoms with E-state index in [9.17, 15) is 0 Å². The van der Waals surface area contributed by atoms with Gasteiger partial charge in [-0.25, -0.2) is 0 Å². The fourth-order valence-electron chi connectivity index (χ4n) is 4.19. The number of ether oxygens (including phenoxy) is 4. The first kappa shape index (κ1) is 17.2. The molecule has 150 valence electrons. The van der Waals surface area contributed by atoms with E-state index in [1.165, 1.54) is 0 Å². The molecule has 6 rings (SSSR count). The van der Waals surface area contributed by atoms with Crippen molar-refractivity contribution in [3.63, 3.8) is 0 Å². The van der Waals surface area contributed by atoms with Crippen molar-refractivity contribution < 1.29 is 18.9 Å². The van der Waals surface area contributed by atoms with Gasteiger partial charge < -0.3 is 24.4 Å². The molecular weight excluding hydrogens is 380 g/mol. The van der Waals surface area contributed by atoms with Crippen LogP contribution >= 0.6 is 0 Å². The molecule has 6 heteroatoms. The Balaban J connectivity index is 1.41. The zero-order valence-corrected chi connectivity index (χ0v) is 16.4. The summed E-state index contributed by atoms with van der Waals surface area (Å²) < 4.78 is 22.9. The number of benzene rings is 3. The van der Waals surface area contributed by atoms with Crippen LogP contribution < -0.4 is 24.4 Å². The maximum absolute atomic E-state index is 6.42. The SMILES string of the molecule is COc1cccc([C@@H]2Oc3ccccc3[C@@H]3C=C(c4ccc5c(c4)OCO5)NN32)c1. The zero-order chi connectivity index (χ0) is 20.1. The van der Waals surface area contributed by atoms with E-state index in [2.05, 4.69) is 28.6 Å². The molecule has 30 heavy (non-hydrogen) atoms. The highest BCUT2D eigenvalue weighted by Gasteiger charge is 2.40. The summed E-state index contributed by atoms with van der Waals surface area (Å²) in [6.45, 7) is 0.263. The highest BCUT2D eigenvalue weighted by molar-refractivity contribution is 5.70. The molecule has 0 saturated carbocycles. The second-order valence-electron chi connectivity index (χ2n) is 7.40. The summed E-state index contributed by atoms with van der Waals surface area (Å²) >= 11 is 0. The quantitative estimate of drug-likeness (QED) is 0.703. The van der Waals surface area contributed by atoms with Crippen molar-refractivity contribution in [2.45, 2.75) is 12.3 Å². The van der Waals surface area contributed by atoms with Crippen molar-refractivity contribution in [1.29, 1.82) is 0 Å². The lowest BCUT2D eigenvalue weighted by molar-refractivity contribution is -0.0327. The van der Waals surface area contributed by atoms with Gasteiger partial charge >= 0.3 is 0 Å². The molecule has 0 radical (unpaired) electrons. The van der Waals surface area contributed by atoms with Crippen LogP contribution in [0.1, 0.15) is 29.0 Å². The van der Waals surface area contributed by atoms with Crippen LogP contribution in [0, 0.1) is 0 Å². The van der Waals surface area contributed by atoms with E-state index in [0.717, 1.165) is 45.4 Å². The van der Waals surface area contributed by atoms with Crippen molar-refractivity contribution in [3.05, 3.63) is 89.5 Å². The second-order valence-corrected chi connectivity index (χ2v) is 7.40. The Hall–Kier alpha value is -3.64. The number of nitrogens with zero attached hydrogens (tertiary/aromatic N) is 1. The largest absolute Gasteiger partial charge is 0.497 e. The number of fused-ring (bicyclic) bond motifs is 4. The maximum atomic E-state index is 6.42. The van der Waals surface area contributed by atoms with E-state index < -0.39 is 0 Å². The second kappa shape index (κ2) is 6.71. The standard InChI is InChI=1S/C24H20N2O4/c1-27-17-6-4-5-16(11-17)24-26-20(18-7-2-3-8-21(18)30-24)13-19(25-26)15-9-10-22-23(12-15)29-14-28-22/h2-13,20,24-25H,14H2,1H3/t20-,24-/m0/s1. The Morgan fingerprint density at radius 1 is 0.933 bits per heavy atom. The molecule has 0 fully saturated rings. The summed E-state index contributed by atoms with van der Waals surface area (Å²) in [6, 6.07) is 22.2. The first-order valence-electron chi connectivity index (χ1n) is 9.86. The topological polar surface area (TPSA) is 52.2 Å². The lowest BCUT2D eigenvalue weighted by Crippen LogP contribution is -2.43.